The van der Waals surface area contributed by atoms with E-state index in [2.05, 4.69) is 0 Å². The van der Waals surface area contributed by atoms with E-state index in [1.807, 2.05) is 0 Å². The minimum Gasteiger partial charge on any atom is -0.300 e. The van der Waals surface area contributed by atoms with Gasteiger partial charge in [-0.3, -0.25) is 4.79 Å². The van der Waals surface area contributed by atoms with Gasteiger partial charge in [0, 0.05) is 24.0 Å². The molecule has 1 aliphatic rings. The van der Waals surface area contributed by atoms with Gasteiger partial charge in [0.15, 0.2) is 0 Å². The smallest absolute Gasteiger partial charge is 0.243 e. The molecule has 0 spiro atoms. The third-order valence-corrected chi connectivity index (χ3v) is 5.48. The van der Waals surface area contributed by atoms with E-state index in [-0.39, 0.29) is 23.1 Å². The number of Topliss-reactive ketones (excluding diaryl/α,β-unsaturated/α-hetero) is 1. The quantitative estimate of drug-likeness (QED) is 0.858. The lowest BCUT2D eigenvalue weighted by atomic mass is 10.1. The van der Waals surface area contributed by atoms with Gasteiger partial charge < -0.3 is 0 Å². The maximum absolute atomic E-state index is 12.5. The van der Waals surface area contributed by atoms with Crippen LogP contribution in [0.1, 0.15) is 26.2 Å². The summed E-state index contributed by atoms with van der Waals surface area (Å²) in [6.07, 6.45) is 1.82. The fraction of sp³-hybridized carbons (Fsp3) is 0.462. The average Bonchev–Trinajstić information content (AvgIpc) is 2.77. The van der Waals surface area contributed by atoms with E-state index in [1.165, 1.54) is 23.4 Å². The highest BCUT2D eigenvalue weighted by Crippen LogP contribution is 2.28. The molecule has 4 nitrogen and oxygen atoms in total. The highest BCUT2D eigenvalue weighted by Gasteiger charge is 2.35. The molecule has 0 radical (unpaired) electrons. The van der Waals surface area contributed by atoms with Gasteiger partial charge in [-0.1, -0.05) is 11.6 Å². The lowest BCUT2D eigenvalue weighted by molar-refractivity contribution is -0.117. The van der Waals surface area contributed by atoms with Gasteiger partial charge >= 0.3 is 0 Å². The van der Waals surface area contributed by atoms with Crippen molar-refractivity contribution < 1.29 is 13.2 Å². The Labute approximate surface area is 118 Å². The number of carbonyl (C=O) groups is 1. The minimum absolute atomic E-state index is 0.0169. The first-order valence-electron chi connectivity index (χ1n) is 6.18. The Morgan fingerprint density at radius 3 is 2.58 bits per heavy atom. The molecule has 1 saturated heterocycles. The van der Waals surface area contributed by atoms with Crippen molar-refractivity contribution in [3.8, 4) is 0 Å². The van der Waals surface area contributed by atoms with Crippen LogP contribution < -0.4 is 0 Å². The standard InChI is InChI=1S/C13H16ClNO3S/c1-10(16)9-12-3-2-8-15(12)19(17,18)13-6-4-11(14)5-7-13/h4-7,12H,2-3,8-9H2,1H3. The summed E-state index contributed by atoms with van der Waals surface area (Å²) >= 11 is 5.77. The third kappa shape index (κ3) is 3.16. The first-order chi connectivity index (χ1) is 8.91. The van der Waals surface area contributed by atoms with E-state index < -0.39 is 10.0 Å². The van der Waals surface area contributed by atoms with Gasteiger partial charge in [-0.05, 0) is 44.0 Å². The molecule has 0 bridgehead atoms. The summed E-state index contributed by atoms with van der Waals surface area (Å²) in [4.78, 5) is 11.4. The van der Waals surface area contributed by atoms with E-state index in [0.29, 0.717) is 11.6 Å². The highest BCUT2D eigenvalue weighted by atomic mass is 35.5. The zero-order valence-electron chi connectivity index (χ0n) is 10.7. The SMILES string of the molecule is CC(=O)CC1CCCN1S(=O)(=O)c1ccc(Cl)cc1. The maximum Gasteiger partial charge on any atom is 0.243 e. The van der Waals surface area contributed by atoms with Crippen molar-refractivity contribution in [2.45, 2.75) is 37.1 Å². The van der Waals surface area contributed by atoms with E-state index in [4.69, 9.17) is 11.6 Å². The van der Waals surface area contributed by atoms with Crippen LogP contribution in [0.5, 0.6) is 0 Å². The summed E-state index contributed by atoms with van der Waals surface area (Å²) in [5.41, 5.74) is 0. The van der Waals surface area contributed by atoms with Crippen LogP contribution in [-0.2, 0) is 14.8 Å². The zero-order chi connectivity index (χ0) is 14.0. The molecule has 104 valence electrons. The Bertz CT molecular complexity index is 568. The summed E-state index contributed by atoms with van der Waals surface area (Å²) in [6.45, 7) is 1.97. The number of hydrogen-bond donors (Lipinski definition) is 0. The Hall–Kier alpha value is -0.910. The number of sulfonamides is 1. The lowest BCUT2D eigenvalue weighted by Gasteiger charge is -2.23. The molecular formula is C13H16ClNO3S. The molecule has 0 aromatic heterocycles. The Kier molecular flexibility index (Phi) is 4.28. The predicted octanol–water partition coefficient (Wildman–Crippen LogP) is 2.47. The Balaban J connectivity index is 2.28. The molecule has 2 rings (SSSR count). The van der Waals surface area contributed by atoms with Crippen LogP contribution in [0.2, 0.25) is 5.02 Å². The van der Waals surface area contributed by atoms with Gasteiger partial charge in [-0.2, -0.15) is 4.31 Å². The molecule has 1 unspecified atom stereocenters. The van der Waals surface area contributed by atoms with Crippen molar-refractivity contribution >= 4 is 27.4 Å². The second kappa shape index (κ2) is 5.61. The molecule has 0 amide bonds. The molecule has 0 N–H and O–H groups in total. The molecule has 1 aliphatic heterocycles. The van der Waals surface area contributed by atoms with Crippen molar-refractivity contribution in [2.24, 2.45) is 0 Å². The van der Waals surface area contributed by atoms with Gasteiger partial charge in [-0.15, -0.1) is 0 Å². The van der Waals surface area contributed by atoms with Crippen LogP contribution in [0, 0.1) is 0 Å². The second-order valence-corrected chi connectivity index (χ2v) is 7.10. The molecule has 1 aromatic carbocycles. The minimum atomic E-state index is -3.53. The number of benzene rings is 1. The van der Waals surface area contributed by atoms with Crippen molar-refractivity contribution in [3.63, 3.8) is 0 Å². The number of ketones is 1. The van der Waals surface area contributed by atoms with Gasteiger partial charge in [0.05, 0.1) is 4.90 Å². The fourth-order valence-corrected chi connectivity index (χ4v) is 4.22. The summed E-state index contributed by atoms with van der Waals surface area (Å²) in [5.74, 6) is 0.0169. The first-order valence-corrected chi connectivity index (χ1v) is 8.00. The van der Waals surface area contributed by atoms with Gasteiger partial charge in [-0.25, -0.2) is 8.42 Å². The van der Waals surface area contributed by atoms with E-state index in [9.17, 15) is 13.2 Å². The third-order valence-electron chi connectivity index (χ3n) is 3.27. The molecule has 1 fully saturated rings. The van der Waals surface area contributed by atoms with E-state index >= 15 is 0 Å². The normalized spacial score (nSPS) is 20.6. The van der Waals surface area contributed by atoms with E-state index in [1.54, 1.807) is 12.1 Å². The molecule has 1 aromatic rings. The van der Waals surface area contributed by atoms with Gasteiger partial charge in [0.1, 0.15) is 5.78 Å². The molecule has 0 aliphatic carbocycles. The monoisotopic (exact) mass is 301 g/mol. The van der Waals surface area contributed by atoms with Crippen molar-refractivity contribution in [2.75, 3.05) is 6.54 Å². The van der Waals surface area contributed by atoms with Crippen LogP contribution in [0.3, 0.4) is 0 Å². The van der Waals surface area contributed by atoms with Crippen LogP contribution >= 0.6 is 11.6 Å². The predicted molar refractivity (Wildman–Crippen MR) is 73.7 cm³/mol. The average molecular weight is 302 g/mol. The van der Waals surface area contributed by atoms with Crippen molar-refractivity contribution in [1.29, 1.82) is 0 Å². The van der Waals surface area contributed by atoms with Gasteiger partial charge in [0.25, 0.3) is 0 Å². The van der Waals surface area contributed by atoms with Crippen LogP contribution in [0.25, 0.3) is 0 Å². The van der Waals surface area contributed by atoms with Crippen LogP contribution in [0.4, 0.5) is 0 Å². The largest absolute Gasteiger partial charge is 0.300 e. The number of nitrogens with zero attached hydrogens (tertiary/aromatic N) is 1. The van der Waals surface area contributed by atoms with Gasteiger partial charge in [0.2, 0.25) is 10.0 Å². The second-order valence-electron chi connectivity index (χ2n) is 4.77. The summed E-state index contributed by atoms with van der Waals surface area (Å²) in [6, 6.07) is 5.91. The molecule has 19 heavy (non-hydrogen) atoms. The molecule has 1 atom stereocenters. The molecule has 0 saturated carbocycles. The topological polar surface area (TPSA) is 54.5 Å². The Morgan fingerprint density at radius 2 is 2.00 bits per heavy atom. The van der Waals surface area contributed by atoms with Crippen molar-refractivity contribution in [3.05, 3.63) is 29.3 Å². The number of hydrogen-bond acceptors (Lipinski definition) is 3. The van der Waals surface area contributed by atoms with Crippen LogP contribution in [-0.4, -0.2) is 31.1 Å². The molecular weight excluding hydrogens is 286 g/mol. The van der Waals surface area contributed by atoms with Crippen LogP contribution in [0.15, 0.2) is 29.2 Å². The fourth-order valence-electron chi connectivity index (χ4n) is 2.40. The molecule has 6 heteroatoms. The number of halogens is 1. The Morgan fingerprint density at radius 1 is 1.37 bits per heavy atom. The lowest BCUT2D eigenvalue weighted by Crippen LogP contribution is -2.36. The molecule has 1 heterocycles. The highest BCUT2D eigenvalue weighted by molar-refractivity contribution is 7.89. The summed E-state index contributed by atoms with van der Waals surface area (Å²) in [5, 5.41) is 0.501. The van der Waals surface area contributed by atoms with E-state index in [0.717, 1.165) is 12.8 Å². The summed E-state index contributed by atoms with van der Waals surface area (Å²) < 4.78 is 26.5. The summed E-state index contributed by atoms with van der Waals surface area (Å²) in [7, 11) is -3.53. The first kappa shape index (κ1) is 14.5. The number of rotatable bonds is 4. The zero-order valence-corrected chi connectivity index (χ0v) is 12.2. The maximum atomic E-state index is 12.5. The number of carbonyl (C=O) groups excluding carboxylic acids is 1. The van der Waals surface area contributed by atoms with Crippen molar-refractivity contribution in [1.82, 2.24) is 4.31 Å².